The molecule has 6 heteroatoms. The fraction of sp³-hybridized carbons (Fsp3) is 0.769. The summed E-state index contributed by atoms with van der Waals surface area (Å²) in [4.78, 5) is 15.6. The molecule has 1 aromatic rings. The number of carboxylic acids is 1. The van der Waals surface area contributed by atoms with Crippen LogP contribution in [0.2, 0.25) is 0 Å². The zero-order valence-electron chi connectivity index (χ0n) is 11.3. The highest BCUT2D eigenvalue weighted by Gasteiger charge is 2.22. The van der Waals surface area contributed by atoms with Crippen molar-refractivity contribution >= 4 is 22.6 Å². The average molecular weight is 283 g/mol. The molecule has 2 rings (SSSR count). The highest BCUT2D eigenvalue weighted by molar-refractivity contribution is 7.09. The number of carbonyl (C=O) groups is 1. The normalized spacial score (nSPS) is 18.2. The Kier molecular flexibility index (Phi) is 5.13. The Bertz CT molecular complexity index is 416. The molecule has 106 valence electrons. The van der Waals surface area contributed by atoms with Crippen LogP contribution in [0.4, 0.5) is 5.13 Å². The summed E-state index contributed by atoms with van der Waals surface area (Å²) in [5.41, 5.74) is 0. The number of hydrogen-bond acceptors (Lipinski definition) is 5. The van der Waals surface area contributed by atoms with E-state index in [0.29, 0.717) is 17.5 Å². The van der Waals surface area contributed by atoms with Crippen LogP contribution >= 0.6 is 11.5 Å². The first-order chi connectivity index (χ1) is 9.20. The summed E-state index contributed by atoms with van der Waals surface area (Å²) < 4.78 is 4.39. The van der Waals surface area contributed by atoms with E-state index in [-0.39, 0.29) is 0 Å². The number of nitrogens with zero attached hydrogens (tertiary/aromatic N) is 2. The van der Waals surface area contributed by atoms with Crippen molar-refractivity contribution in [2.45, 2.75) is 63.8 Å². The van der Waals surface area contributed by atoms with Crippen LogP contribution in [0.25, 0.3) is 0 Å². The van der Waals surface area contributed by atoms with Crippen LogP contribution in [0.5, 0.6) is 0 Å². The fourth-order valence-electron chi connectivity index (χ4n) is 2.52. The van der Waals surface area contributed by atoms with Crippen LogP contribution in [0.15, 0.2) is 0 Å². The molecular formula is C13H21N3O2S. The van der Waals surface area contributed by atoms with Gasteiger partial charge in [0.25, 0.3) is 0 Å². The molecule has 0 aromatic carbocycles. The fourth-order valence-corrected chi connectivity index (χ4v) is 3.21. The number of rotatable bonds is 6. The molecule has 5 nitrogen and oxygen atoms in total. The van der Waals surface area contributed by atoms with Gasteiger partial charge in [0, 0.05) is 17.5 Å². The molecule has 0 spiro atoms. The maximum Gasteiger partial charge on any atom is 0.326 e. The van der Waals surface area contributed by atoms with Crippen LogP contribution in [0.1, 0.15) is 63.6 Å². The molecule has 1 aliphatic rings. The van der Waals surface area contributed by atoms with Gasteiger partial charge in [0.05, 0.1) is 0 Å². The maximum absolute atomic E-state index is 11.1. The molecule has 0 amide bonds. The van der Waals surface area contributed by atoms with E-state index >= 15 is 0 Å². The Balaban J connectivity index is 1.97. The van der Waals surface area contributed by atoms with Crippen molar-refractivity contribution in [3.63, 3.8) is 0 Å². The number of anilines is 1. The second-order valence-corrected chi connectivity index (χ2v) is 5.87. The third-order valence-corrected chi connectivity index (χ3v) is 4.25. The third kappa shape index (κ3) is 3.89. The summed E-state index contributed by atoms with van der Waals surface area (Å²) in [6, 6.07) is -0.558. The molecular weight excluding hydrogens is 262 g/mol. The third-order valence-electron chi connectivity index (χ3n) is 3.59. The van der Waals surface area contributed by atoms with Crippen molar-refractivity contribution in [2.24, 2.45) is 0 Å². The second kappa shape index (κ2) is 6.84. The van der Waals surface area contributed by atoms with E-state index in [1.807, 2.05) is 6.92 Å². The van der Waals surface area contributed by atoms with Crippen LogP contribution in [0.3, 0.4) is 0 Å². The summed E-state index contributed by atoms with van der Waals surface area (Å²) in [5.74, 6) is 0.541. The molecule has 2 N–H and O–H groups in total. The molecule has 1 heterocycles. The minimum atomic E-state index is -0.823. The average Bonchev–Trinajstić information content (AvgIpc) is 2.88. The van der Waals surface area contributed by atoms with Crippen molar-refractivity contribution in [3.05, 3.63) is 5.82 Å². The Labute approximate surface area is 117 Å². The molecule has 0 radical (unpaired) electrons. The van der Waals surface area contributed by atoms with E-state index in [4.69, 9.17) is 5.11 Å². The van der Waals surface area contributed by atoms with Crippen LogP contribution in [-0.4, -0.2) is 26.5 Å². The Morgan fingerprint density at radius 1 is 1.47 bits per heavy atom. The molecule has 1 aliphatic carbocycles. The van der Waals surface area contributed by atoms with E-state index in [1.54, 1.807) is 0 Å². The lowest BCUT2D eigenvalue weighted by molar-refractivity contribution is -0.138. The summed E-state index contributed by atoms with van der Waals surface area (Å²) in [6.45, 7) is 1.98. The number of nitrogens with one attached hydrogen (secondary N) is 1. The summed E-state index contributed by atoms with van der Waals surface area (Å²) in [6.07, 6.45) is 7.57. The van der Waals surface area contributed by atoms with Gasteiger partial charge in [-0.05, 0) is 19.3 Å². The van der Waals surface area contributed by atoms with Crippen LogP contribution in [-0.2, 0) is 4.79 Å². The Morgan fingerprint density at radius 2 is 2.21 bits per heavy atom. The van der Waals surface area contributed by atoms with Gasteiger partial charge in [0.15, 0.2) is 0 Å². The molecule has 0 bridgehead atoms. The highest BCUT2D eigenvalue weighted by Crippen LogP contribution is 2.32. The van der Waals surface area contributed by atoms with Crippen molar-refractivity contribution in [1.82, 2.24) is 9.36 Å². The van der Waals surface area contributed by atoms with Gasteiger partial charge in [-0.2, -0.15) is 4.37 Å². The van der Waals surface area contributed by atoms with Crippen molar-refractivity contribution in [1.29, 1.82) is 0 Å². The second-order valence-electron chi connectivity index (χ2n) is 5.12. The number of aromatic nitrogens is 2. The van der Waals surface area contributed by atoms with Gasteiger partial charge in [-0.3, -0.25) is 0 Å². The molecule has 0 saturated heterocycles. The number of carboxylic acid groups (broad SMARTS) is 1. The Morgan fingerprint density at radius 3 is 2.84 bits per heavy atom. The summed E-state index contributed by atoms with van der Waals surface area (Å²) in [5, 5.41) is 12.7. The van der Waals surface area contributed by atoms with E-state index in [2.05, 4.69) is 14.7 Å². The maximum atomic E-state index is 11.1. The van der Waals surface area contributed by atoms with Crippen LogP contribution in [0, 0.1) is 0 Å². The lowest BCUT2D eigenvalue weighted by atomic mass is 9.89. The monoisotopic (exact) mass is 283 g/mol. The quantitative estimate of drug-likeness (QED) is 0.838. The van der Waals surface area contributed by atoms with Gasteiger partial charge in [0.2, 0.25) is 5.13 Å². The van der Waals surface area contributed by atoms with Crippen molar-refractivity contribution in [2.75, 3.05) is 5.32 Å². The number of hydrogen-bond donors (Lipinski definition) is 2. The molecule has 0 aliphatic heterocycles. The van der Waals surface area contributed by atoms with Gasteiger partial charge < -0.3 is 10.4 Å². The largest absolute Gasteiger partial charge is 0.480 e. The first-order valence-corrected chi connectivity index (χ1v) is 7.81. The van der Waals surface area contributed by atoms with E-state index < -0.39 is 12.0 Å². The lowest BCUT2D eigenvalue weighted by Gasteiger charge is -2.18. The summed E-state index contributed by atoms with van der Waals surface area (Å²) >= 11 is 1.28. The number of aliphatic carboxylic acids is 1. The van der Waals surface area contributed by atoms with Crippen molar-refractivity contribution in [3.8, 4) is 0 Å². The summed E-state index contributed by atoms with van der Waals surface area (Å²) in [7, 11) is 0. The molecule has 1 unspecified atom stereocenters. The van der Waals surface area contributed by atoms with Crippen molar-refractivity contribution < 1.29 is 9.90 Å². The Hall–Kier alpha value is -1.17. The van der Waals surface area contributed by atoms with E-state index in [9.17, 15) is 4.79 Å². The first kappa shape index (κ1) is 14.2. The van der Waals surface area contributed by atoms with Gasteiger partial charge in [0.1, 0.15) is 11.9 Å². The van der Waals surface area contributed by atoms with E-state index in [1.165, 1.54) is 30.8 Å². The standard InChI is InChI=1S/C13H21N3O2S/c1-2-6-10(12(17)18)14-13-15-11(16-19-13)9-7-4-3-5-8-9/h9-10H,2-8H2,1H3,(H,17,18)(H,14,15,16). The topological polar surface area (TPSA) is 75.1 Å². The van der Waals surface area contributed by atoms with Crippen LogP contribution < -0.4 is 5.32 Å². The predicted octanol–water partition coefficient (Wildman–Crippen LogP) is 3.25. The van der Waals surface area contributed by atoms with Gasteiger partial charge in [-0.25, -0.2) is 9.78 Å². The predicted molar refractivity (Wildman–Crippen MR) is 75.7 cm³/mol. The zero-order valence-corrected chi connectivity index (χ0v) is 12.1. The minimum absolute atomic E-state index is 0.468. The molecule has 19 heavy (non-hydrogen) atoms. The smallest absolute Gasteiger partial charge is 0.326 e. The van der Waals surface area contributed by atoms with Gasteiger partial charge >= 0.3 is 5.97 Å². The minimum Gasteiger partial charge on any atom is -0.480 e. The molecule has 1 saturated carbocycles. The lowest BCUT2D eigenvalue weighted by Crippen LogP contribution is -2.28. The molecule has 1 aromatic heterocycles. The SMILES string of the molecule is CCCC(Nc1nc(C2CCCCC2)ns1)C(=O)O. The van der Waals surface area contributed by atoms with Gasteiger partial charge in [-0.1, -0.05) is 32.6 Å². The zero-order chi connectivity index (χ0) is 13.7. The molecule has 1 fully saturated rings. The first-order valence-electron chi connectivity index (χ1n) is 7.03. The highest BCUT2D eigenvalue weighted by atomic mass is 32.1. The molecule has 1 atom stereocenters. The van der Waals surface area contributed by atoms with E-state index in [0.717, 1.165) is 25.1 Å². The van der Waals surface area contributed by atoms with Gasteiger partial charge in [-0.15, -0.1) is 0 Å².